The van der Waals surface area contributed by atoms with Crippen LogP contribution in [0.25, 0.3) is 0 Å². The number of halogens is 2. The van der Waals surface area contributed by atoms with Crippen molar-refractivity contribution >= 4 is 29.5 Å². The molecule has 1 aliphatic carbocycles. The van der Waals surface area contributed by atoms with Gasteiger partial charge >= 0.3 is 0 Å². The minimum atomic E-state index is -1.04. The second-order valence-electron chi connectivity index (χ2n) is 2.98. The van der Waals surface area contributed by atoms with Crippen LogP contribution in [0.4, 0.5) is 0 Å². The van der Waals surface area contributed by atoms with Gasteiger partial charge in [-0.2, -0.15) is 0 Å². The molecule has 0 radical (unpaired) electrons. The van der Waals surface area contributed by atoms with Crippen molar-refractivity contribution in [3.8, 4) is 0 Å². The van der Waals surface area contributed by atoms with Crippen LogP contribution >= 0.6 is 23.2 Å². The summed E-state index contributed by atoms with van der Waals surface area (Å²) >= 11 is 11.4. The lowest BCUT2D eigenvalue weighted by molar-refractivity contribution is -0.114. The number of aldehydes is 1. The van der Waals surface area contributed by atoms with Gasteiger partial charge in [0.15, 0.2) is 0 Å². The van der Waals surface area contributed by atoms with Crippen LogP contribution < -0.4 is 0 Å². The maximum atomic E-state index is 10.4. The summed E-state index contributed by atoms with van der Waals surface area (Å²) in [5.41, 5.74) is 0. The lowest BCUT2D eigenvalue weighted by atomic mass is 9.85. The van der Waals surface area contributed by atoms with Gasteiger partial charge in [0.25, 0.3) is 0 Å². The second-order valence-corrected chi connectivity index (χ2v) is 3.99. The van der Waals surface area contributed by atoms with E-state index >= 15 is 0 Å². The van der Waals surface area contributed by atoms with E-state index in [9.17, 15) is 15.0 Å². The number of carbonyl (C=O) groups excluding carboxylic acids is 1. The van der Waals surface area contributed by atoms with E-state index in [1.54, 1.807) is 0 Å². The number of carbonyl (C=O) groups is 1. The fourth-order valence-corrected chi connectivity index (χ4v) is 1.98. The van der Waals surface area contributed by atoms with Gasteiger partial charge in [-0.3, -0.25) is 0 Å². The van der Waals surface area contributed by atoms with E-state index in [1.807, 2.05) is 0 Å². The molecule has 0 aromatic heterocycles. The van der Waals surface area contributed by atoms with Gasteiger partial charge < -0.3 is 15.0 Å². The van der Waals surface area contributed by atoms with Crippen molar-refractivity contribution in [3.63, 3.8) is 0 Å². The van der Waals surface area contributed by atoms with Crippen LogP contribution in [0.3, 0.4) is 0 Å². The number of alkyl halides is 2. The number of aliphatic hydroxyl groups excluding tert-OH is 2. The molecule has 70 valence electrons. The van der Waals surface area contributed by atoms with Gasteiger partial charge in [-0.1, -0.05) is 0 Å². The van der Waals surface area contributed by atoms with Gasteiger partial charge in [-0.15, -0.1) is 23.2 Å². The summed E-state index contributed by atoms with van der Waals surface area (Å²) in [6.07, 6.45) is -1.13. The van der Waals surface area contributed by atoms with Crippen LogP contribution in [0, 0.1) is 5.92 Å². The Morgan fingerprint density at radius 3 is 2.33 bits per heavy atom. The van der Waals surface area contributed by atoms with Crippen molar-refractivity contribution in [1.82, 2.24) is 0 Å². The highest BCUT2D eigenvalue weighted by Crippen LogP contribution is 2.31. The fraction of sp³-hybridized carbons (Fsp3) is 0.857. The first-order valence-electron chi connectivity index (χ1n) is 3.67. The van der Waals surface area contributed by atoms with E-state index in [2.05, 4.69) is 0 Å². The van der Waals surface area contributed by atoms with Gasteiger partial charge in [0.2, 0.25) is 0 Å². The maximum absolute atomic E-state index is 10.4. The van der Waals surface area contributed by atoms with Crippen molar-refractivity contribution in [3.05, 3.63) is 0 Å². The summed E-state index contributed by atoms with van der Waals surface area (Å²) in [5.74, 6) is -0.465. The zero-order valence-electron chi connectivity index (χ0n) is 6.23. The third-order valence-electron chi connectivity index (χ3n) is 2.12. The van der Waals surface area contributed by atoms with Crippen molar-refractivity contribution in [2.75, 3.05) is 0 Å². The van der Waals surface area contributed by atoms with Crippen LogP contribution in [0.1, 0.15) is 6.42 Å². The molecule has 0 aliphatic heterocycles. The van der Waals surface area contributed by atoms with Gasteiger partial charge in [-0.05, 0) is 6.42 Å². The van der Waals surface area contributed by atoms with Gasteiger partial charge in [-0.25, -0.2) is 0 Å². The maximum Gasteiger partial charge on any atom is 0.124 e. The van der Waals surface area contributed by atoms with Crippen LogP contribution in [0.5, 0.6) is 0 Å². The molecule has 1 saturated carbocycles. The summed E-state index contributed by atoms with van der Waals surface area (Å²) in [6, 6.07) is 0. The molecule has 1 fully saturated rings. The zero-order valence-corrected chi connectivity index (χ0v) is 7.74. The Morgan fingerprint density at radius 2 is 1.83 bits per heavy atom. The summed E-state index contributed by atoms with van der Waals surface area (Å²) < 4.78 is 0. The number of rotatable bonds is 1. The average Bonchev–Trinajstić information content (AvgIpc) is 2.08. The van der Waals surface area contributed by atoms with Gasteiger partial charge in [0.1, 0.15) is 6.29 Å². The number of aliphatic hydroxyl groups is 2. The molecule has 0 heterocycles. The van der Waals surface area contributed by atoms with Crippen molar-refractivity contribution < 1.29 is 15.0 Å². The predicted octanol–water partition coefficient (Wildman–Crippen LogP) is 0.142. The van der Waals surface area contributed by atoms with Crippen molar-refractivity contribution in [2.45, 2.75) is 29.4 Å². The van der Waals surface area contributed by atoms with Gasteiger partial charge in [0.05, 0.1) is 23.0 Å². The Kier molecular flexibility index (Phi) is 3.35. The summed E-state index contributed by atoms with van der Waals surface area (Å²) in [4.78, 5) is 10.4. The van der Waals surface area contributed by atoms with E-state index in [4.69, 9.17) is 23.2 Å². The Balaban J connectivity index is 2.70. The average molecular weight is 213 g/mol. The van der Waals surface area contributed by atoms with E-state index in [1.165, 1.54) is 0 Å². The van der Waals surface area contributed by atoms with Crippen molar-refractivity contribution in [2.24, 2.45) is 5.92 Å². The SMILES string of the molecule is O=C[C@H]1C[C@H](O)C(O)C(Cl)C1Cl. The molecule has 2 N–H and O–H groups in total. The molecular weight excluding hydrogens is 203 g/mol. The van der Waals surface area contributed by atoms with E-state index in [0.717, 1.165) is 0 Å². The predicted molar refractivity (Wildman–Crippen MR) is 45.5 cm³/mol. The van der Waals surface area contributed by atoms with E-state index < -0.39 is 28.9 Å². The van der Waals surface area contributed by atoms with Crippen LogP contribution in [-0.2, 0) is 4.79 Å². The molecule has 0 amide bonds. The third-order valence-corrected chi connectivity index (χ3v) is 3.38. The Labute approximate surface area is 80.3 Å². The Bertz CT molecular complexity index is 176. The number of hydrogen-bond acceptors (Lipinski definition) is 3. The fourth-order valence-electron chi connectivity index (χ4n) is 1.32. The van der Waals surface area contributed by atoms with E-state index in [0.29, 0.717) is 6.29 Å². The molecule has 0 saturated heterocycles. The summed E-state index contributed by atoms with van der Waals surface area (Å²) in [5, 5.41) is 17.1. The van der Waals surface area contributed by atoms with E-state index in [-0.39, 0.29) is 6.42 Å². The topological polar surface area (TPSA) is 57.5 Å². The zero-order chi connectivity index (χ0) is 9.30. The Hall–Kier alpha value is 0.170. The lowest BCUT2D eigenvalue weighted by Gasteiger charge is -2.35. The molecule has 5 atom stereocenters. The second kappa shape index (κ2) is 3.92. The molecule has 1 aliphatic rings. The Morgan fingerprint density at radius 1 is 1.25 bits per heavy atom. The minimum Gasteiger partial charge on any atom is -0.390 e. The minimum absolute atomic E-state index is 0.183. The third kappa shape index (κ3) is 1.74. The van der Waals surface area contributed by atoms with Crippen molar-refractivity contribution in [1.29, 1.82) is 0 Å². The molecule has 0 aromatic carbocycles. The molecule has 0 aromatic rings. The molecule has 3 unspecified atom stereocenters. The monoisotopic (exact) mass is 212 g/mol. The summed E-state index contributed by atoms with van der Waals surface area (Å²) in [7, 11) is 0. The molecule has 3 nitrogen and oxygen atoms in total. The smallest absolute Gasteiger partial charge is 0.124 e. The molecule has 12 heavy (non-hydrogen) atoms. The first-order valence-corrected chi connectivity index (χ1v) is 4.54. The van der Waals surface area contributed by atoms with Crippen LogP contribution in [-0.4, -0.2) is 39.5 Å². The first-order chi connectivity index (χ1) is 5.57. The van der Waals surface area contributed by atoms with Crippen LogP contribution in [0.15, 0.2) is 0 Å². The lowest BCUT2D eigenvalue weighted by Crippen LogP contribution is -2.49. The highest BCUT2D eigenvalue weighted by atomic mass is 35.5. The quantitative estimate of drug-likeness (QED) is 0.481. The molecule has 1 rings (SSSR count). The normalized spacial score (nSPS) is 48.8. The highest BCUT2D eigenvalue weighted by molar-refractivity contribution is 6.31. The highest BCUT2D eigenvalue weighted by Gasteiger charge is 2.41. The molecule has 5 heteroatoms. The standard InChI is InChI=1S/C7H10Cl2O3/c8-5-3(2-10)1-4(11)7(12)6(5)9/h2-7,11-12H,1H2/t3-,4+,5?,6?,7?/m1/s1. The largest absolute Gasteiger partial charge is 0.390 e. The molecular formula is C7H10Cl2O3. The summed E-state index contributed by atoms with van der Waals surface area (Å²) in [6.45, 7) is 0. The van der Waals surface area contributed by atoms with Gasteiger partial charge in [0, 0.05) is 5.92 Å². The first kappa shape index (κ1) is 10.3. The number of hydrogen-bond donors (Lipinski definition) is 2. The molecule has 0 bridgehead atoms. The molecule has 0 spiro atoms. The van der Waals surface area contributed by atoms with Crippen LogP contribution in [0.2, 0.25) is 0 Å².